The average molecular weight is 521 g/mol. The number of nitrogens with zero attached hydrogens (tertiary/aromatic N) is 3. The molecule has 1 aliphatic carbocycles. The van der Waals surface area contributed by atoms with Gasteiger partial charge in [0.25, 0.3) is 0 Å². The van der Waals surface area contributed by atoms with Crippen LogP contribution in [0, 0.1) is 5.92 Å². The van der Waals surface area contributed by atoms with E-state index in [4.69, 9.17) is 0 Å². The first-order valence-electron chi connectivity index (χ1n) is 13.4. The first-order chi connectivity index (χ1) is 18.3. The van der Waals surface area contributed by atoms with Gasteiger partial charge in [0.05, 0.1) is 18.6 Å². The van der Waals surface area contributed by atoms with Gasteiger partial charge in [-0.15, -0.1) is 0 Å². The number of aliphatic hydroxyl groups excluding tert-OH is 1. The summed E-state index contributed by atoms with van der Waals surface area (Å²) >= 11 is 0. The molecule has 2 rings (SSSR count). The number of likely N-dealkylation sites (N-methyl/N-ethyl adjacent to an activating group) is 1. The van der Waals surface area contributed by atoms with Crippen LogP contribution in [0.4, 0.5) is 0 Å². The lowest BCUT2D eigenvalue weighted by atomic mass is 9.87. The van der Waals surface area contributed by atoms with Crippen LogP contribution in [0.2, 0.25) is 0 Å². The number of hydrogen-bond donors (Lipinski definition) is 2. The van der Waals surface area contributed by atoms with Crippen LogP contribution < -0.4 is 5.32 Å². The van der Waals surface area contributed by atoms with Crippen LogP contribution in [-0.2, 0) is 9.59 Å². The number of aliphatic imine (C=N–C) groups is 1. The number of benzene rings is 1. The number of carbonyl (C=O) groups excluding carboxylic acids is 2. The maximum atomic E-state index is 11.7. The highest BCUT2D eigenvalue weighted by Crippen LogP contribution is 2.32. The van der Waals surface area contributed by atoms with Gasteiger partial charge >= 0.3 is 0 Å². The Morgan fingerprint density at radius 1 is 1.32 bits per heavy atom. The van der Waals surface area contributed by atoms with Crippen LogP contribution in [0.25, 0.3) is 11.3 Å². The Morgan fingerprint density at radius 3 is 2.63 bits per heavy atom. The van der Waals surface area contributed by atoms with Gasteiger partial charge in [-0.1, -0.05) is 49.9 Å². The molecule has 0 heterocycles. The summed E-state index contributed by atoms with van der Waals surface area (Å²) in [6, 6.07) is 8.08. The number of hydrogen-bond acceptors (Lipinski definition) is 6. The van der Waals surface area contributed by atoms with E-state index in [9.17, 15) is 14.7 Å². The van der Waals surface area contributed by atoms with Crippen LogP contribution in [0.1, 0.15) is 50.7 Å². The first kappa shape index (κ1) is 30.9. The van der Waals surface area contributed by atoms with E-state index in [1.165, 1.54) is 6.08 Å². The lowest BCUT2D eigenvalue weighted by molar-refractivity contribution is -0.117. The van der Waals surface area contributed by atoms with Gasteiger partial charge in [0.15, 0.2) is 0 Å². The Morgan fingerprint density at radius 2 is 2.05 bits per heavy atom. The molecule has 206 valence electrons. The molecular weight excluding hydrogens is 476 g/mol. The molecule has 0 aromatic heterocycles. The third-order valence-electron chi connectivity index (χ3n) is 6.79. The van der Waals surface area contributed by atoms with Crippen molar-refractivity contribution in [3.63, 3.8) is 0 Å². The zero-order valence-corrected chi connectivity index (χ0v) is 23.4. The molecule has 0 fully saturated rings. The van der Waals surface area contributed by atoms with Gasteiger partial charge in [-0.3, -0.25) is 9.59 Å². The van der Waals surface area contributed by atoms with Crippen molar-refractivity contribution in [2.45, 2.75) is 45.6 Å². The fraction of sp³-hybridized carbons (Fsp3) is 0.452. The summed E-state index contributed by atoms with van der Waals surface area (Å²) in [5, 5.41) is 12.5. The Hall–Kier alpha value is -3.29. The first-order valence-corrected chi connectivity index (χ1v) is 13.4. The van der Waals surface area contributed by atoms with Crippen molar-refractivity contribution in [3.05, 3.63) is 72.0 Å². The quantitative estimate of drug-likeness (QED) is 0.138. The SMILES string of the molecule is C=C(CC1C=CC(N(CCNC)CC(C)=O)=CC1)c1ccccc1/C(=C/C=O)N=CN(C)C(CC)CCO. The second kappa shape index (κ2) is 16.5. The fourth-order valence-corrected chi connectivity index (χ4v) is 4.65. The molecule has 38 heavy (non-hydrogen) atoms. The lowest BCUT2D eigenvalue weighted by Crippen LogP contribution is -2.33. The van der Waals surface area contributed by atoms with Gasteiger partial charge in [0.1, 0.15) is 12.1 Å². The number of allylic oxidation sites excluding steroid dienone is 5. The smallest absolute Gasteiger partial charge is 0.149 e. The molecule has 2 N–H and O–H groups in total. The van der Waals surface area contributed by atoms with E-state index in [0.717, 1.165) is 61.0 Å². The van der Waals surface area contributed by atoms with E-state index < -0.39 is 0 Å². The fourth-order valence-electron chi connectivity index (χ4n) is 4.65. The molecule has 0 bridgehead atoms. The minimum Gasteiger partial charge on any atom is -0.396 e. The molecule has 0 saturated carbocycles. The van der Waals surface area contributed by atoms with Gasteiger partial charge in [-0.25, -0.2) is 4.99 Å². The van der Waals surface area contributed by atoms with Crippen LogP contribution in [-0.4, -0.2) is 79.7 Å². The third-order valence-corrected chi connectivity index (χ3v) is 6.79. The van der Waals surface area contributed by atoms with Crippen LogP contribution in [0.5, 0.6) is 0 Å². The van der Waals surface area contributed by atoms with Gasteiger partial charge in [-0.05, 0) is 62.8 Å². The van der Waals surface area contributed by atoms with E-state index in [1.54, 1.807) is 13.3 Å². The molecule has 7 heteroatoms. The number of aldehydes is 1. The molecule has 2 atom stereocenters. The maximum absolute atomic E-state index is 11.7. The minimum absolute atomic E-state index is 0.118. The lowest BCUT2D eigenvalue weighted by Gasteiger charge is -2.28. The van der Waals surface area contributed by atoms with Crippen LogP contribution >= 0.6 is 0 Å². The Balaban J connectivity index is 2.17. The minimum atomic E-state index is 0.118. The molecule has 1 aromatic rings. The largest absolute Gasteiger partial charge is 0.396 e. The topological polar surface area (TPSA) is 85.2 Å². The second-order valence-electron chi connectivity index (χ2n) is 9.74. The molecular formula is C31H44N4O3. The Bertz CT molecular complexity index is 1060. The van der Waals surface area contributed by atoms with Crippen molar-refractivity contribution < 1.29 is 14.7 Å². The molecule has 2 unspecified atom stereocenters. The summed E-state index contributed by atoms with van der Waals surface area (Å²) in [7, 11) is 3.85. The highest BCUT2D eigenvalue weighted by Gasteiger charge is 2.18. The van der Waals surface area contributed by atoms with Crippen molar-refractivity contribution in [2.24, 2.45) is 10.9 Å². The number of carbonyl (C=O) groups is 2. The molecule has 0 amide bonds. The number of rotatable bonds is 17. The van der Waals surface area contributed by atoms with E-state index in [2.05, 4.69) is 46.9 Å². The summed E-state index contributed by atoms with van der Waals surface area (Å²) in [4.78, 5) is 32.0. The molecule has 0 aliphatic heterocycles. The summed E-state index contributed by atoms with van der Waals surface area (Å²) in [6.07, 6.45) is 13.7. The third kappa shape index (κ3) is 9.54. The summed E-state index contributed by atoms with van der Waals surface area (Å²) in [5.41, 5.74) is 4.47. The predicted molar refractivity (Wildman–Crippen MR) is 158 cm³/mol. The van der Waals surface area contributed by atoms with E-state index >= 15 is 0 Å². The van der Waals surface area contributed by atoms with Crippen molar-refractivity contribution in [3.8, 4) is 0 Å². The highest BCUT2D eigenvalue weighted by molar-refractivity contribution is 5.88. The number of nitrogens with one attached hydrogen (secondary N) is 1. The van der Waals surface area contributed by atoms with Crippen molar-refractivity contribution in [2.75, 3.05) is 40.3 Å². The summed E-state index contributed by atoms with van der Waals surface area (Å²) < 4.78 is 0. The Kier molecular flexibility index (Phi) is 13.5. The molecule has 1 aliphatic rings. The normalized spacial score (nSPS) is 16.3. The standard InChI is InChI=1S/C31H44N4O3/c1-6-27(15-19-36)34(5)23-33-31(16-20-37)30-10-8-7-9-29(30)24(2)21-26-11-13-28(14-12-26)35(18-17-32-4)22-25(3)38/h7-11,13-14,16,20,23,26-27,32,36H,2,6,12,15,17-19,21-22H2,1,3-5H3/b31-16-,33-23?. The second-order valence-corrected chi connectivity index (χ2v) is 9.74. The van der Waals surface area contributed by atoms with Crippen LogP contribution in [0.15, 0.2) is 65.8 Å². The van der Waals surface area contributed by atoms with Gasteiger partial charge in [0.2, 0.25) is 0 Å². The Labute approximate surface area is 228 Å². The summed E-state index contributed by atoms with van der Waals surface area (Å²) in [5.74, 6) is 0.439. The van der Waals surface area contributed by atoms with Gasteiger partial charge in [-0.2, -0.15) is 0 Å². The number of aliphatic hydroxyl groups is 1. The van der Waals surface area contributed by atoms with E-state index in [0.29, 0.717) is 24.6 Å². The van der Waals surface area contributed by atoms with E-state index in [-0.39, 0.29) is 18.4 Å². The molecule has 0 radical (unpaired) electrons. The monoisotopic (exact) mass is 520 g/mol. The number of Topliss-reactive ketones (excluding diaryl/α,β-unsaturated/α-hetero) is 1. The maximum Gasteiger partial charge on any atom is 0.149 e. The molecule has 7 nitrogen and oxygen atoms in total. The van der Waals surface area contributed by atoms with E-state index in [1.807, 2.05) is 43.3 Å². The zero-order chi connectivity index (χ0) is 27.9. The van der Waals surface area contributed by atoms with Crippen LogP contribution in [0.3, 0.4) is 0 Å². The number of ketones is 1. The zero-order valence-electron chi connectivity index (χ0n) is 23.4. The highest BCUT2D eigenvalue weighted by atomic mass is 16.3. The molecule has 0 spiro atoms. The van der Waals surface area contributed by atoms with Crippen molar-refractivity contribution in [1.82, 2.24) is 15.1 Å². The average Bonchev–Trinajstić information content (AvgIpc) is 2.92. The molecule has 1 aromatic carbocycles. The van der Waals surface area contributed by atoms with Gasteiger partial charge in [0, 0.05) is 50.1 Å². The van der Waals surface area contributed by atoms with Crippen molar-refractivity contribution >= 4 is 29.7 Å². The predicted octanol–water partition coefficient (Wildman–Crippen LogP) is 4.32. The van der Waals surface area contributed by atoms with Gasteiger partial charge < -0.3 is 20.2 Å². The van der Waals surface area contributed by atoms with Crippen molar-refractivity contribution in [1.29, 1.82) is 0 Å². The molecule has 0 saturated heterocycles. The summed E-state index contributed by atoms with van der Waals surface area (Å²) in [6.45, 7) is 10.2.